The highest BCUT2D eigenvalue weighted by atomic mass is 127. The fourth-order valence-corrected chi connectivity index (χ4v) is 2.58. The first-order chi connectivity index (χ1) is 7.17. The quantitative estimate of drug-likeness (QED) is 0.751. The van der Waals surface area contributed by atoms with Crippen molar-refractivity contribution >= 4 is 39.9 Å². The third-order valence-electron chi connectivity index (χ3n) is 2.42. The monoisotopic (exact) mass is 337 g/mol. The third-order valence-corrected chi connectivity index (χ3v) is 3.55. The highest BCUT2D eigenvalue weighted by Crippen LogP contribution is 2.23. The van der Waals surface area contributed by atoms with E-state index in [1.165, 1.54) is 22.1 Å². The van der Waals surface area contributed by atoms with Gasteiger partial charge in [0.15, 0.2) is 0 Å². The highest BCUT2D eigenvalue weighted by Gasteiger charge is 2.07. The lowest BCUT2D eigenvalue weighted by atomic mass is 10.1. The molecule has 1 unspecified atom stereocenters. The minimum atomic E-state index is 0.574. The topological polar surface area (TPSA) is 12.0 Å². The van der Waals surface area contributed by atoms with Crippen LogP contribution in [0.4, 0.5) is 5.69 Å². The standard InChI is InChI=1S/C12H17ClIN/c1-3-5-10(4-2)15-12-7-6-9(13)8-11(12)14/h6-8,10,15H,3-5H2,1-2H3. The van der Waals surface area contributed by atoms with Crippen molar-refractivity contribution in [1.29, 1.82) is 0 Å². The second kappa shape index (κ2) is 6.59. The Balaban J connectivity index is 2.70. The predicted octanol–water partition coefficient (Wildman–Crippen LogP) is 4.94. The molecule has 0 heterocycles. The van der Waals surface area contributed by atoms with Gasteiger partial charge >= 0.3 is 0 Å². The van der Waals surface area contributed by atoms with Gasteiger partial charge in [-0.15, -0.1) is 0 Å². The maximum atomic E-state index is 5.92. The SMILES string of the molecule is CCCC(CC)Nc1ccc(Cl)cc1I. The second-order valence-electron chi connectivity index (χ2n) is 3.66. The molecule has 1 N–H and O–H groups in total. The van der Waals surface area contributed by atoms with Gasteiger partial charge in [0.25, 0.3) is 0 Å². The molecular formula is C12H17ClIN. The summed E-state index contributed by atoms with van der Waals surface area (Å²) in [7, 11) is 0. The predicted molar refractivity (Wildman–Crippen MR) is 76.8 cm³/mol. The smallest absolute Gasteiger partial charge is 0.0479 e. The minimum absolute atomic E-state index is 0.574. The van der Waals surface area contributed by atoms with Crippen LogP contribution >= 0.6 is 34.2 Å². The molecule has 84 valence electrons. The normalized spacial score (nSPS) is 12.5. The summed E-state index contributed by atoms with van der Waals surface area (Å²) >= 11 is 8.23. The van der Waals surface area contributed by atoms with Crippen LogP contribution in [0.25, 0.3) is 0 Å². The van der Waals surface area contributed by atoms with E-state index < -0.39 is 0 Å². The van der Waals surface area contributed by atoms with Crippen molar-refractivity contribution in [3.63, 3.8) is 0 Å². The van der Waals surface area contributed by atoms with Crippen molar-refractivity contribution in [3.05, 3.63) is 26.8 Å². The molecule has 0 saturated carbocycles. The molecule has 0 amide bonds. The summed E-state index contributed by atoms with van der Waals surface area (Å²) in [5.41, 5.74) is 1.19. The Bertz CT molecular complexity index is 314. The summed E-state index contributed by atoms with van der Waals surface area (Å²) < 4.78 is 1.19. The number of rotatable bonds is 5. The van der Waals surface area contributed by atoms with Crippen molar-refractivity contribution in [2.75, 3.05) is 5.32 Å². The Morgan fingerprint density at radius 3 is 2.67 bits per heavy atom. The van der Waals surface area contributed by atoms with Crippen molar-refractivity contribution in [2.45, 2.75) is 39.2 Å². The lowest BCUT2D eigenvalue weighted by Crippen LogP contribution is -2.18. The molecular weight excluding hydrogens is 320 g/mol. The van der Waals surface area contributed by atoms with Crippen molar-refractivity contribution in [1.82, 2.24) is 0 Å². The van der Waals surface area contributed by atoms with E-state index in [-0.39, 0.29) is 0 Å². The molecule has 0 spiro atoms. The molecule has 1 nitrogen and oxygen atoms in total. The first-order valence-electron chi connectivity index (χ1n) is 5.39. The van der Waals surface area contributed by atoms with Gasteiger partial charge in [0.2, 0.25) is 0 Å². The number of halogens is 2. The number of hydrogen-bond donors (Lipinski definition) is 1. The van der Waals surface area contributed by atoms with Crippen LogP contribution in [0, 0.1) is 3.57 Å². The molecule has 0 aliphatic carbocycles. The molecule has 3 heteroatoms. The van der Waals surface area contributed by atoms with Gasteiger partial charge in [-0.1, -0.05) is 31.9 Å². The van der Waals surface area contributed by atoms with E-state index in [1.807, 2.05) is 12.1 Å². The lowest BCUT2D eigenvalue weighted by molar-refractivity contribution is 0.622. The summed E-state index contributed by atoms with van der Waals surface area (Å²) in [5, 5.41) is 4.36. The maximum absolute atomic E-state index is 5.92. The molecule has 0 saturated heterocycles. The van der Waals surface area contributed by atoms with Gasteiger partial charge < -0.3 is 5.32 Å². The first-order valence-corrected chi connectivity index (χ1v) is 6.84. The molecule has 0 aliphatic rings. The van der Waals surface area contributed by atoms with Crippen LogP contribution in [0.15, 0.2) is 18.2 Å². The van der Waals surface area contributed by atoms with Crippen LogP contribution in [0.2, 0.25) is 5.02 Å². The van der Waals surface area contributed by atoms with Gasteiger partial charge in [0.05, 0.1) is 0 Å². The Hall–Kier alpha value is 0.0400. The van der Waals surface area contributed by atoms with Crippen LogP contribution in [0.3, 0.4) is 0 Å². The van der Waals surface area contributed by atoms with Gasteiger partial charge in [-0.3, -0.25) is 0 Å². The van der Waals surface area contributed by atoms with Crippen LogP contribution < -0.4 is 5.32 Å². The van der Waals surface area contributed by atoms with Gasteiger partial charge in [0.1, 0.15) is 0 Å². The number of anilines is 1. The fraction of sp³-hybridized carbons (Fsp3) is 0.500. The van der Waals surface area contributed by atoms with E-state index in [9.17, 15) is 0 Å². The van der Waals surface area contributed by atoms with Crippen molar-refractivity contribution in [2.24, 2.45) is 0 Å². The summed E-state index contributed by atoms with van der Waals surface area (Å²) in [6.07, 6.45) is 3.59. The van der Waals surface area contributed by atoms with Crippen LogP contribution in [0.5, 0.6) is 0 Å². The molecule has 0 aliphatic heterocycles. The van der Waals surface area contributed by atoms with Gasteiger partial charge in [-0.2, -0.15) is 0 Å². The van der Waals surface area contributed by atoms with Gasteiger partial charge in [-0.05, 0) is 53.6 Å². The van der Waals surface area contributed by atoms with Gasteiger partial charge in [-0.25, -0.2) is 0 Å². The molecule has 1 aromatic carbocycles. The Labute approximate surface area is 111 Å². The lowest BCUT2D eigenvalue weighted by Gasteiger charge is -2.18. The molecule has 0 radical (unpaired) electrons. The summed E-state index contributed by atoms with van der Waals surface area (Å²) in [5.74, 6) is 0. The zero-order valence-corrected chi connectivity index (χ0v) is 12.1. The average molecular weight is 338 g/mol. The number of benzene rings is 1. The summed E-state index contributed by atoms with van der Waals surface area (Å²) in [4.78, 5) is 0. The Kier molecular flexibility index (Phi) is 5.75. The molecule has 15 heavy (non-hydrogen) atoms. The zero-order chi connectivity index (χ0) is 11.3. The third kappa shape index (κ3) is 4.19. The molecule has 0 bridgehead atoms. The van der Waals surface area contributed by atoms with Crippen LogP contribution in [-0.4, -0.2) is 6.04 Å². The fourth-order valence-electron chi connectivity index (χ4n) is 1.55. The van der Waals surface area contributed by atoms with E-state index >= 15 is 0 Å². The summed E-state index contributed by atoms with van der Waals surface area (Å²) in [6, 6.07) is 6.56. The number of hydrogen-bond acceptors (Lipinski definition) is 1. The van der Waals surface area contributed by atoms with E-state index in [0.717, 1.165) is 11.4 Å². The maximum Gasteiger partial charge on any atom is 0.0479 e. The van der Waals surface area contributed by atoms with Crippen molar-refractivity contribution < 1.29 is 0 Å². The van der Waals surface area contributed by atoms with E-state index in [1.54, 1.807) is 0 Å². The largest absolute Gasteiger partial charge is 0.381 e. The first kappa shape index (κ1) is 13.1. The van der Waals surface area contributed by atoms with E-state index in [2.05, 4.69) is 47.8 Å². The molecule has 1 atom stereocenters. The zero-order valence-electron chi connectivity index (χ0n) is 9.19. The van der Waals surface area contributed by atoms with Crippen molar-refractivity contribution in [3.8, 4) is 0 Å². The molecule has 0 fully saturated rings. The van der Waals surface area contributed by atoms with Crippen LogP contribution in [0.1, 0.15) is 33.1 Å². The number of nitrogens with one attached hydrogen (secondary N) is 1. The van der Waals surface area contributed by atoms with E-state index in [0.29, 0.717) is 6.04 Å². The summed E-state index contributed by atoms with van der Waals surface area (Å²) in [6.45, 7) is 4.44. The molecule has 1 aromatic rings. The highest BCUT2D eigenvalue weighted by molar-refractivity contribution is 14.1. The minimum Gasteiger partial charge on any atom is -0.381 e. The Morgan fingerprint density at radius 2 is 2.13 bits per heavy atom. The Morgan fingerprint density at radius 1 is 1.40 bits per heavy atom. The second-order valence-corrected chi connectivity index (χ2v) is 5.26. The van der Waals surface area contributed by atoms with Gasteiger partial charge in [0, 0.05) is 20.3 Å². The average Bonchev–Trinajstić information content (AvgIpc) is 2.21. The van der Waals surface area contributed by atoms with Crippen LogP contribution in [-0.2, 0) is 0 Å². The van der Waals surface area contributed by atoms with E-state index in [4.69, 9.17) is 11.6 Å². The molecule has 0 aromatic heterocycles. The molecule has 1 rings (SSSR count).